The zero-order valence-corrected chi connectivity index (χ0v) is 16.1. The van der Waals surface area contributed by atoms with E-state index in [9.17, 15) is 17.4 Å². The summed E-state index contributed by atoms with van der Waals surface area (Å²) in [7, 11) is -1.59. The molecule has 1 heterocycles. The lowest BCUT2D eigenvalue weighted by atomic mass is 10.1. The molecule has 1 atom stereocenters. The molecule has 0 spiro atoms. The normalized spacial score (nSPS) is 17.7. The van der Waals surface area contributed by atoms with E-state index in [-0.39, 0.29) is 4.90 Å². The number of halogens is 3. The van der Waals surface area contributed by atoms with Gasteiger partial charge in [-0.05, 0) is 43.0 Å². The second kappa shape index (κ2) is 8.82. The number of aryl methyl sites for hydroxylation is 2. The van der Waals surface area contributed by atoms with Gasteiger partial charge >= 0.3 is 6.18 Å². The summed E-state index contributed by atoms with van der Waals surface area (Å²) >= 11 is 0. The van der Waals surface area contributed by atoms with Gasteiger partial charge in [-0.2, -0.15) is 13.2 Å². The number of fused-ring (bicyclic) bond motifs is 1. The van der Waals surface area contributed by atoms with Crippen LogP contribution in [0.4, 0.5) is 13.2 Å². The largest absolute Gasteiger partial charge is 0.416 e. The van der Waals surface area contributed by atoms with Crippen LogP contribution < -0.4 is 0 Å². The highest BCUT2D eigenvalue weighted by Gasteiger charge is 2.32. The van der Waals surface area contributed by atoms with Gasteiger partial charge in [-0.15, -0.1) is 0 Å². The van der Waals surface area contributed by atoms with Crippen LogP contribution in [0.25, 0.3) is 0 Å². The minimum absolute atomic E-state index is 0.287. The minimum Gasteiger partial charge on any atom is -0.237 e. The lowest BCUT2D eigenvalue weighted by molar-refractivity contribution is -0.137. The number of alkyl halides is 3. The van der Waals surface area contributed by atoms with E-state index in [0.717, 1.165) is 35.2 Å². The van der Waals surface area contributed by atoms with Gasteiger partial charge in [0, 0.05) is 13.1 Å². The highest BCUT2D eigenvalue weighted by molar-refractivity contribution is 7.82. The minimum atomic E-state index is -4.42. The molecule has 0 fully saturated rings. The highest BCUT2D eigenvalue weighted by Crippen LogP contribution is 2.33. The summed E-state index contributed by atoms with van der Waals surface area (Å²) in [5.74, 6) is 0. The Morgan fingerprint density at radius 2 is 1.85 bits per heavy atom. The average Bonchev–Trinajstić information content (AvgIpc) is 2.75. The summed E-state index contributed by atoms with van der Waals surface area (Å²) in [6.45, 7) is 7.04. The number of hydrogen-bond acceptors (Lipinski definition) is 1. The summed E-state index contributed by atoms with van der Waals surface area (Å²) in [6, 6.07) is 11.4. The van der Waals surface area contributed by atoms with Gasteiger partial charge in [0.25, 0.3) is 0 Å². The molecular weight excluding hydrogens is 359 g/mol. The van der Waals surface area contributed by atoms with Crippen molar-refractivity contribution < 1.29 is 17.4 Å². The Morgan fingerprint density at radius 1 is 1.12 bits per heavy atom. The smallest absolute Gasteiger partial charge is 0.237 e. The van der Waals surface area contributed by atoms with Crippen LogP contribution in [-0.2, 0) is 30.1 Å². The molecule has 2 aromatic carbocycles. The highest BCUT2D eigenvalue weighted by atomic mass is 32.2. The third-order valence-electron chi connectivity index (χ3n) is 4.11. The molecule has 0 bridgehead atoms. The van der Waals surface area contributed by atoms with Gasteiger partial charge in [-0.3, -0.25) is 0 Å². The summed E-state index contributed by atoms with van der Waals surface area (Å²) in [6.07, 6.45) is -3.01. The van der Waals surface area contributed by atoms with Crippen LogP contribution in [0.3, 0.4) is 0 Å². The van der Waals surface area contributed by atoms with Gasteiger partial charge in [-0.1, -0.05) is 49.7 Å². The molecule has 0 aromatic heterocycles. The van der Waals surface area contributed by atoms with Crippen LogP contribution in [0.2, 0.25) is 0 Å². The summed E-state index contributed by atoms with van der Waals surface area (Å²) in [5.41, 5.74) is 2.12. The van der Waals surface area contributed by atoms with Crippen LogP contribution in [0, 0.1) is 6.92 Å². The van der Waals surface area contributed by atoms with Crippen molar-refractivity contribution in [2.75, 3.05) is 6.54 Å². The predicted molar refractivity (Wildman–Crippen MR) is 99.1 cm³/mol. The van der Waals surface area contributed by atoms with Crippen molar-refractivity contribution in [2.24, 2.45) is 0 Å². The first kappa shape index (κ1) is 20.6. The molecule has 3 rings (SSSR count). The van der Waals surface area contributed by atoms with Crippen LogP contribution in [0.15, 0.2) is 47.4 Å². The van der Waals surface area contributed by atoms with Crippen LogP contribution in [0.5, 0.6) is 0 Å². The van der Waals surface area contributed by atoms with Gasteiger partial charge in [0.15, 0.2) is 0 Å². The van der Waals surface area contributed by atoms with Crippen molar-refractivity contribution in [2.45, 2.75) is 51.2 Å². The monoisotopic (exact) mass is 383 g/mol. The Bertz CT molecular complexity index is 774. The second-order valence-corrected chi connectivity index (χ2v) is 7.48. The Morgan fingerprint density at radius 3 is 2.50 bits per heavy atom. The van der Waals surface area contributed by atoms with Gasteiger partial charge < -0.3 is 0 Å². The van der Waals surface area contributed by atoms with Gasteiger partial charge in [-0.25, -0.2) is 8.51 Å². The Labute approximate surface area is 155 Å². The Hall–Kier alpha value is -1.66. The van der Waals surface area contributed by atoms with E-state index in [2.05, 4.69) is 0 Å². The summed E-state index contributed by atoms with van der Waals surface area (Å²) in [4.78, 5) is 0.287. The summed E-state index contributed by atoms with van der Waals surface area (Å²) < 4.78 is 53.5. The second-order valence-electron chi connectivity index (χ2n) is 6.03. The van der Waals surface area contributed by atoms with Gasteiger partial charge in [0.05, 0.1) is 10.5 Å². The zero-order valence-electron chi connectivity index (χ0n) is 15.3. The molecule has 1 aliphatic heterocycles. The van der Waals surface area contributed by atoms with E-state index in [1.54, 1.807) is 4.31 Å². The van der Waals surface area contributed by atoms with E-state index in [1.165, 1.54) is 6.07 Å². The van der Waals surface area contributed by atoms with E-state index in [1.807, 2.05) is 45.0 Å². The molecule has 2 aromatic rings. The quantitative estimate of drug-likeness (QED) is 0.669. The SMILES string of the molecule is CC.Cc1cccc(CN2CCCc3ccc(C(F)(F)F)cc3S2=O)c1. The zero-order chi connectivity index (χ0) is 19.3. The third kappa shape index (κ3) is 4.95. The van der Waals surface area contributed by atoms with Crippen LogP contribution in [0.1, 0.15) is 42.5 Å². The van der Waals surface area contributed by atoms with Crippen molar-refractivity contribution in [1.29, 1.82) is 0 Å². The van der Waals surface area contributed by atoms with Crippen molar-refractivity contribution in [3.63, 3.8) is 0 Å². The number of rotatable bonds is 2. The van der Waals surface area contributed by atoms with E-state index in [4.69, 9.17) is 0 Å². The Balaban J connectivity index is 0.00000117. The topological polar surface area (TPSA) is 20.3 Å². The molecule has 0 saturated carbocycles. The van der Waals surface area contributed by atoms with Crippen LogP contribution >= 0.6 is 0 Å². The first-order valence-electron chi connectivity index (χ1n) is 8.77. The molecule has 0 saturated heterocycles. The molecule has 2 nitrogen and oxygen atoms in total. The molecule has 1 unspecified atom stereocenters. The summed E-state index contributed by atoms with van der Waals surface area (Å²) in [5, 5.41) is 0. The first-order chi connectivity index (χ1) is 12.3. The molecule has 1 aliphatic rings. The molecule has 26 heavy (non-hydrogen) atoms. The van der Waals surface area contributed by atoms with Crippen molar-refractivity contribution >= 4 is 11.0 Å². The molecule has 142 valence electrons. The van der Waals surface area contributed by atoms with Gasteiger partial charge in [0.2, 0.25) is 0 Å². The molecule has 0 radical (unpaired) electrons. The average molecular weight is 383 g/mol. The molecular formula is C20H24F3NOS. The molecule has 6 heteroatoms. The maximum atomic E-state index is 13.0. The fraction of sp³-hybridized carbons (Fsp3) is 0.400. The van der Waals surface area contributed by atoms with E-state index in [0.29, 0.717) is 19.5 Å². The van der Waals surface area contributed by atoms with Crippen molar-refractivity contribution in [1.82, 2.24) is 4.31 Å². The fourth-order valence-electron chi connectivity index (χ4n) is 2.92. The molecule has 0 amide bonds. The van der Waals surface area contributed by atoms with Crippen molar-refractivity contribution in [3.8, 4) is 0 Å². The lowest BCUT2D eigenvalue weighted by Gasteiger charge is -2.20. The number of benzene rings is 2. The lowest BCUT2D eigenvalue weighted by Crippen LogP contribution is -2.26. The predicted octanol–water partition coefficient (Wildman–Crippen LogP) is 5.51. The van der Waals surface area contributed by atoms with Crippen LogP contribution in [-0.4, -0.2) is 15.1 Å². The van der Waals surface area contributed by atoms with E-state index < -0.39 is 22.7 Å². The standard InChI is InChI=1S/C18H18F3NOS.C2H6/c1-13-4-2-5-14(10-13)12-22-9-3-6-15-7-8-16(18(19,20)21)11-17(15)24(22)23;1-2/h2,4-5,7-8,10-11H,3,6,9,12H2,1H3;1-2H3. The third-order valence-corrected chi connectivity index (χ3v) is 5.65. The van der Waals surface area contributed by atoms with Crippen molar-refractivity contribution in [3.05, 3.63) is 64.7 Å². The number of hydrogen-bond donors (Lipinski definition) is 0. The maximum Gasteiger partial charge on any atom is 0.416 e. The fourth-order valence-corrected chi connectivity index (χ4v) is 4.38. The van der Waals surface area contributed by atoms with Gasteiger partial charge in [0.1, 0.15) is 11.0 Å². The number of nitrogens with zero attached hydrogens (tertiary/aromatic N) is 1. The maximum absolute atomic E-state index is 13.0. The first-order valence-corrected chi connectivity index (χ1v) is 9.88. The Kier molecular flexibility index (Phi) is 7.01. The molecule has 0 aliphatic carbocycles. The molecule has 0 N–H and O–H groups in total. The van der Waals surface area contributed by atoms with E-state index >= 15 is 0 Å².